The minimum absolute atomic E-state index is 0.166. The molecule has 0 saturated carbocycles. The summed E-state index contributed by atoms with van der Waals surface area (Å²) < 4.78 is 10.6. The van der Waals surface area contributed by atoms with Gasteiger partial charge in [0.1, 0.15) is 33.1 Å². The molecule has 8 heteroatoms. The lowest BCUT2D eigenvalue weighted by Crippen LogP contribution is -2.03. The first-order valence-electron chi connectivity index (χ1n) is 8.02. The van der Waals surface area contributed by atoms with Gasteiger partial charge in [-0.1, -0.05) is 12.1 Å². The van der Waals surface area contributed by atoms with Gasteiger partial charge in [-0.2, -0.15) is 10.5 Å². The Morgan fingerprint density at radius 2 is 2.19 bits per heavy atom. The highest BCUT2D eigenvalue weighted by atomic mass is 32.1. The fraction of sp³-hybridized carbons (Fsp3) is 0.158. The lowest BCUT2D eigenvalue weighted by Gasteiger charge is -1.98. The molecule has 0 amide bonds. The third kappa shape index (κ3) is 3.52. The van der Waals surface area contributed by atoms with Gasteiger partial charge in [0.25, 0.3) is 0 Å². The number of benzene rings is 1. The molecule has 7 nitrogen and oxygen atoms in total. The first-order chi connectivity index (χ1) is 13.1. The average molecular weight is 378 g/mol. The first-order valence-corrected chi connectivity index (χ1v) is 8.84. The van der Waals surface area contributed by atoms with E-state index in [4.69, 9.17) is 9.15 Å². The number of thiophene rings is 1. The van der Waals surface area contributed by atoms with Crippen LogP contribution in [-0.4, -0.2) is 17.6 Å². The van der Waals surface area contributed by atoms with Gasteiger partial charge in [-0.05, 0) is 31.5 Å². The Balaban J connectivity index is 1.94. The smallest absolute Gasteiger partial charge is 0.348 e. The van der Waals surface area contributed by atoms with Crippen LogP contribution in [-0.2, 0) is 4.74 Å². The Kier molecular flexibility index (Phi) is 5.20. The van der Waals surface area contributed by atoms with Gasteiger partial charge >= 0.3 is 5.97 Å². The first kappa shape index (κ1) is 18.2. The molecule has 0 atom stereocenters. The zero-order chi connectivity index (χ0) is 19.4. The van der Waals surface area contributed by atoms with E-state index in [1.165, 1.54) is 6.20 Å². The predicted octanol–water partition coefficient (Wildman–Crippen LogP) is 4.22. The SMILES string of the molecule is CCOC(=O)c1sc(N/C=C(/C#N)c2nc3ccccc3o2)c(C#N)c1C. The van der Waals surface area contributed by atoms with E-state index in [1.54, 1.807) is 26.0 Å². The number of oxazole rings is 1. The zero-order valence-corrected chi connectivity index (χ0v) is 15.4. The molecule has 3 rings (SSSR count). The molecule has 0 saturated heterocycles. The van der Waals surface area contributed by atoms with Crippen LogP contribution in [0.5, 0.6) is 0 Å². The quantitative estimate of drug-likeness (QED) is 0.522. The van der Waals surface area contributed by atoms with Crippen molar-refractivity contribution >= 4 is 39.0 Å². The molecular formula is C19H14N4O3S. The van der Waals surface area contributed by atoms with Crippen molar-refractivity contribution in [2.75, 3.05) is 11.9 Å². The van der Waals surface area contributed by atoms with Crippen LogP contribution in [0.2, 0.25) is 0 Å². The third-order valence-corrected chi connectivity index (χ3v) is 4.91. The molecule has 1 N–H and O–H groups in total. The van der Waals surface area contributed by atoms with E-state index in [0.29, 0.717) is 32.1 Å². The monoisotopic (exact) mass is 378 g/mol. The number of nitrogens with zero attached hydrogens (tertiary/aromatic N) is 3. The second kappa shape index (κ2) is 7.73. The van der Waals surface area contributed by atoms with Crippen molar-refractivity contribution in [3.8, 4) is 12.1 Å². The van der Waals surface area contributed by atoms with Gasteiger partial charge < -0.3 is 14.5 Å². The number of allylic oxidation sites excluding steroid dienone is 1. The van der Waals surface area contributed by atoms with E-state index in [-0.39, 0.29) is 18.1 Å². The summed E-state index contributed by atoms with van der Waals surface area (Å²) in [6.07, 6.45) is 1.41. The largest absolute Gasteiger partial charge is 0.462 e. The average Bonchev–Trinajstić information content (AvgIpc) is 3.23. The maximum absolute atomic E-state index is 12.0. The van der Waals surface area contributed by atoms with Crippen molar-refractivity contribution in [1.29, 1.82) is 10.5 Å². The summed E-state index contributed by atoms with van der Waals surface area (Å²) in [4.78, 5) is 16.7. The molecule has 0 aliphatic heterocycles. The van der Waals surface area contributed by atoms with Crippen LogP contribution < -0.4 is 5.32 Å². The molecule has 0 fully saturated rings. The highest BCUT2D eigenvalue weighted by Crippen LogP contribution is 2.33. The molecule has 2 aromatic heterocycles. The number of rotatable bonds is 5. The lowest BCUT2D eigenvalue weighted by molar-refractivity contribution is 0.0531. The van der Waals surface area contributed by atoms with Crippen molar-refractivity contribution in [2.24, 2.45) is 0 Å². The van der Waals surface area contributed by atoms with E-state index in [2.05, 4.69) is 16.4 Å². The summed E-state index contributed by atoms with van der Waals surface area (Å²) in [5, 5.41) is 22.2. The number of esters is 1. The van der Waals surface area contributed by atoms with E-state index < -0.39 is 5.97 Å². The summed E-state index contributed by atoms with van der Waals surface area (Å²) >= 11 is 1.10. The molecule has 134 valence electrons. The summed E-state index contributed by atoms with van der Waals surface area (Å²) in [5.41, 5.74) is 2.25. The topological polar surface area (TPSA) is 112 Å². The number of anilines is 1. The summed E-state index contributed by atoms with van der Waals surface area (Å²) in [6, 6.07) is 11.3. The van der Waals surface area contributed by atoms with Crippen molar-refractivity contribution in [1.82, 2.24) is 4.98 Å². The van der Waals surface area contributed by atoms with Crippen LogP contribution in [0.3, 0.4) is 0 Å². The molecule has 0 spiro atoms. The van der Waals surface area contributed by atoms with Crippen LogP contribution in [0.1, 0.15) is 33.6 Å². The number of nitrogens with one attached hydrogen (secondary N) is 1. The van der Waals surface area contributed by atoms with Crippen LogP contribution >= 0.6 is 11.3 Å². The Hall–Kier alpha value is -3.62. The molecule has 1 aromatic carbocycles. The van der Waals surface area contributed by atoms with Crippen molar-refractivity contribution in [2.45, 2.75) is 13.8 Å². The molecule has 0 unspecified atom stereocenters. The molecular weight excluding hydrogens is 364 g/mol. The Morgan fingerprint density at radius 1 is 1.41 bits per heavy atom. The Morgan fingerprint density at radius 3 is 2.85 bits per heavy atom. The molecule has 27 heavy (non-hydrogen) atoms. The summed E-state index contributed by atoms with van der Waals surface area (Å²) in [6.45, 7) is 3.65. The second-order valence-electron chi connectivity index (χ2n) is 5.39. The summed E-state index contributed by atoms with van der Waals surface area (Å²) in [7, 11) is 0. The number of hydrogen-bond acceptors (Lipinski definition) is 8. The number of aromatic nitrogens is 1. The minimum atomic E-state index is -0.479. The van der Waals surface area contributed by atoms with Gasteiger partial charge in [0.05, 0.1) is 12.2 Å². The van der Waals surface area contributed by atoms with Gasteiger partial charge in [0.2, 0.25) is 5.89 Å². The van der Waals surface area contributed by atoms with Crippen molar-refractivity contribution in [3.63, 3.8) is 0 Å². The molecule has 0 radical (unpaired) electrons. The van der Waals surface area contributed by atoms with Gasteiger partial charge in [-0.15, -0.1) is 11.3 Å². The number of nitriles is 2. The second-order valence-corrected chi connectivity index (χ2v) is 6.41. The molecule has 3 aromatic rings. The zero-order valence-electron chi connectivity index (χ0n) is 14.6. The number of fused-ring (bicyclic) bond motifs is 1. The van der Waals surface area contributed by atoms with E-state index in [9.17, 15) is 15.3 Å². The maximum Gasteiger partial charge on any atom is 0.348 e. The standard InChI is InChI=1S/C19H14N4O3S/c1-3-25-19(24)16-11(2)13(9-21)18(27-16)22-10-12(8-20)17-23-14-6-4-5-7-15(14)26-17/h4-7,10,22H,3H2,1-2H3/b12-10-. The van der Waals surface area contributed by atoms with Gasteiger partial charge in [-0.3, -0.25) is 0 Å². The number of ether oxygens (including phenoxy) is 1. The van der Waals surface area contributed by atoms with Crippen LogP contribution in [0.25, 0.3) is 16.7 Å². The lowest BCUT2D eigenvalue weighted by atomic mass is 10.2. The van der Waals surface area contributed by atoms with Crippen molar-refractivity contribution in [3.05, 3.63) is 52.4 Å². The van der Waals surface area contributed by atoms with Gasteiger partial charge in [0, 0.05) is 6.20 Å². The third-order valence-electron chi connectivity index (χ3n) is 3.71. The Bertz CT molecular complexity index is 1100. The number of hydrogen-bond donors (Lipinski definition) is 1. The maximum atomic E-state index is 12.0. The van der Waals surface area contributed by atoms with Crippen LogP contribution in [0, 0.1) is 29.6 Å². The van der Waals surface area contributed by atoms with E-state index in [1.807, 2.05) is 18.2 Å². The van der Waals surface area contributed by atoms with Crippen molar-refractivity contribution < 1.29 is 13.9 Å². The van der Waals surface area contributed by atoms with Crippen LogP contribution in [0.15, 0.2) is 34.9 Å². The fourth-order valence-electron chi connectivity index (χ4n) is 2.41. The molecule has 0 aliphatic rings. The fourth-order valence-corrected chi connectivity index (χ4v) is 3.43. The number of carbonyl (C=O) groups excluding carboxylic acids is 1. The Labute approximate surface area is 159 Å². The van der Waals surface area contributed by atoms with E-state index in [0.717, 1.165) is 11.3 Å². The van der Waals surface area contributed by atoms with E-state index >= 15 is 0 Å². The molecule has 0 aliphatic carbocycles. The van der Waals surface area contributed by atoms with Crippen LogP contribution in [0.4, 0.5) is 5.00 Å². The number of para-hydroxylation sites is 2. The summed E-state index contributed by atoms with van der Waals surface area (Å²) in [5.74, 6) is -0.309. The molecule has 2 heterocycles. The number of carbonyl (C=O) groups is 1. The predicted molar refractivity (Wildman–Crippen MR) is 101 cm³/mol. The highest BCUT2D eigenvalue weighted by molar-refractivity contribution is 7.18. The highest BCUT2D eigenvalue weighted by Gasteiger charge is 2.21. The molecule has 0 bridgehead atoms. The van der Waals surface area contributed by atoms with Gasteiger partial charge in [-0.25, -0.2) is 9.78 Å². The normalized spacial score (nSPS) is 11.0. The van der Waals surface area contributed by atoms with Gasteiger partial charge in [0.15, 0.2) is 5.58 Å². The minimum Gasteiger partial charge on any atom is -0.462 e.